The molecule has 2 N–H and O–H groups in total. The Hall–Kier alpha value is -2.27. The molecular formula is C25H36N4O. The summed E-state index contributed by atoms with van der Waals surface area (Å²) in [5, 5.41) is 7.00. The molecule has 1 aliphatic heterocycles. The Morgan fingerprint density at radius 2 is 1.73 bits per heavy atom. The molecule has 0 unspecified atom stereocenters. The van der Waals surface area contributed by atoms with Crippen LogP contribution < -0.4 is 10.6 Å². The second-order valence-electron chi connectivity index (χ2n) is 8.18. The summed E-state index contributed by atoms with van der Waals surface area (Å²) in [6, 6.07) is 9.17. The van der Waals surface area contributed by atoms with E-state index in [0.29, 0.717) is 23.9 Å². The van der Waals surface area contributed by atoms with Crippen LogP contribution in [0, 0.1) is 0 Å². The van der Waals surface area contributed by atoms with Crippen molar-refractivity contribution in [1.82, 2.24) is 15.3 Å². The van der Waals surface area contributed by atoms with Crippen LogP contribution >= 0.6 is 0 Å². The second-order valence-corrected chi connectivity index (χ2v) is 8.18. The Bertz CT molecular complexity index is 791. The van der Waals surface area contributed by atoms with E-state index < -0.39 is 0 Å². The number of hydrogen-bond donors (Lipinski definition) is 2. The third-order valence-electron chi connectivity index (χ3n) is 6.28. The van der Waals surface area contributed by atoms with E-state index in [1.54, 1.807) is 12.4 Å². The Morgan fingerprint density at radius 1 is 1.10 bits per heavy atom. The van der Waals surface area contributed by atoms with Gasteiger partial charge in [0.15, 0.2) is 5.78 Å². The van der Waals surface area contributed by atoms with Gasteiger partial charge < -0.3 is 10.6 Å². The van der Waals surface area contributed by atoms with E-state index in [2.05, 4.69) is 44.9 Å². The topological polar surface area (TPSA) is 66.9 Å². The monoisotopic (exact) mass is 408 g/mol. The SMILES string of the molecule is CC.CCCC(=O)c1cnc(NC2(c3ccc(C4CCNCC4)cc3)CCC2)nc1. The van der Waals surface area contributed by atoms with Gasteiger partial charge in [-0.3, -0.25) is 4.79 Å². The summed E-state index contributed by atoms with van der Waals surface area (Å²) in [7, 11) is 0. The van der Waals surface area contributed by atoms with Crippen molar-refractivity contribution in [2.75, 3.05) is 18.4 Å². The molecule has 30 heavy (non-hydrogen) atoms. The van der Waals surface area contributed by atoms with Crippen molar-refractivity contribution in [2.24, 2.45) is 0 Å². The smallest absolute Gasteiger partial charge is 0.223 e. The molecule has 1 aromatic heterocycles. The lowest BCUT2D eigenvalue weighted by molar-refractivity contribution is 0.0981. The molecule has 0 spiro atoms. The maximum atomic E-state index is 12.0. The number of Topliss-reactive ketones (excluding diaryl/α,β-unsaturated/α-hetero) is 1. The number of rotatable bonds is 7. The first-order chi connectivity index (χ1) is 14.7. The van der Waals surface area contributed by atoms with Crippen LogP contribution in [0.5, 0.6) is 0 Å². The summed E-state index contributed by atoms with van der Waals surface area (Å²) < 4.78 is 0. The van der Waals surface area contributed by atoms with Gasteiger partial charge in [-0.25, -0.2) is 9.97 Å². The van der Waals surface area contributed by atoms with E-state index >= 15 is 0 Å². The van der Waals surface area contributed by atoms with Crippen molar-refractivity contribution in [3.63, 3.8) is 0 Å². The quantitative estimate of drug-likeness (QED) is 0.597. The number of benzene rings is 1. The number of hydrogen-bond acceptors (Lipinski definition) is 5. The Balaban J connectivity index is 0.00000124. The number of piperidine rings is 1. The molecule has 2 aromatic rings. The van der Waals surface area contributed by atoms with E-state index in [9.17, 15) is 4.79 Å². The van der Waals surface area contributed by atoms with Crippen LogP contribution in [-0.2, 0) is 5.54 Å². The minimum atomic E-state index is -0.0818. The number of nitrogens with zero attached hydrogens (tertiary/aromatic N) is 2. The van der Waals surface area contributed by atoms with E-state index in [-0.39, 0.29) is 11.3 Å². The molecule has 1 saturated carbocycles. The highest BCUT2D eigenvalue weighted by molar-refractivity contribution is 5.95. The lowest BCUT2D eigenvalue weighted by Crippen LogP contribution is -2.42. The first-order valence-corrected chi connectivity index (χ1v) is 11.6. The number of carbonyl (C=O) groups is 1. The van der Waals surface area contributed by atoms with Crippen LogP contribution in [0.2, 0.25) is 0 Å². The molecule has 2 aliphatic rings. The zero-order chi connectivity index (χ0) is 21.4. The summed E-state index contributed by atoms with van der Waals surface area (Å²) in [5.74, 6) is 1.40. The second kappa shape index (κ2) is 10.7. The molecule has 162 valence electrons. The highest BCUT2D eigenvalue weighted by Crippen LogP contribution is 2.44. The lowest BCUT2D eigenvalue weighted by Gasteiger charge is -2.43. The summed E-state index contributed by atoms with van der Waals surface area (Å²) >= 11 is 0. The number of carbonyl (C=O) groups excluding carboxylic acids is 1. The Morgan fingerprint density at radius 3 is 2.27 bits per heavy atom. The Labute approximate surface area is 181 Å². The fraction of sp³-hybridized carbons (Fsp3) is 0.560. The predicted molar refractivity (Wildman–Crippen MR) is 123 cm³/mol. The van der Waals surface area contributed by atoms with E-state index in [1.165, 1.54) is 30.4 Å². The first kappa shape index (κ1) is 22.4. The molecule has 0 radical (unpaired) electrons. The van der Waals surface area contributed by atoms with Gasteiger partial charge in [-0.1, -0.05) is 45.0 Å². The summed E-state index contributed by atoms with van der Waals surface area (Å²) in [6.07, 6.45) is 10.5. The Kier molecular flexibility index (Phi) is 7.97. The van der Waals surface area contributed by atoms with Crippen LogP contribution in [0.3, 0.4) is 0 Å². The van der Waals surface area contributed by atoms with Gasteiger partial charge in [0, 0.05) is 18.8 Å². The molecule has 5 heteroatoms. The van der Waals surface area contributed by atoms with Gasteiger partial charge in [0.2, 0.25) is 5.95 Å². The minimum absolute atomic E-state index is 0.0818. The normalized spacial score (nSPS) is 18.0. The highest BCUT2D eigenvalue weighted by Gasteiger charge is 2.39. The fourth-order valence-electron chi connectivity index (χ4n) is 4.37. The number of aromatic nitrogens is 2. The van der Waals surface area contributed by atoms with Crippen molar-refractivity contribution >= 4 is 11.7 Å². The van der Waals surface area contributed by atoms with Gasteiger partial charge in [0.25, 0.3) is 0 Å². The standard InChI is InChI=1S/C23H30N4O.C2H6/c1-2-4-21(28)19-15-25-22(26-16-19)27-23(11-3-12-23)20-7-5-17(6-8-20)18-9-13-24-14-10-18;1-2/h5-8,15-16,18,24H,2-4,9-14H2,1H3,(H,25,26,27);1-2H3. The summed E-state index contributed by atoms with van der Waals surface area (Å²) in [5.41, 5.74) is 3.28. The molecule has 5 nitrogen and oxygen atoms in total. The largest absolute Gasteiger partial charge is 0.345 e. The van der Waals surface area contributed by atoms with Crippen LogP contribution in [-0.4, -0.2) is 28.8 Å². The molecular weight excluding hydrogens is 372 g/mol. The zero-order valence-electron chi connectivity index (χ0n) is 18.7. The van der Waals surface area contributed by atoms with E-state index in [1.807, 2.05) is 20.8 Å². The number of anilines is 1. The summed E-state index contributed by atoms with van der Waals surface area (Å²) in [4.78, 5) is 20.8. The zero-order valence-corrected chi connectivity index (χ0v) is 18.7. The van der Waals surface area contributed by atoms with Gasteiger partial charge >= 0.3 is 0 Å². The summed E-state index contributed by atoms with van der Waals surface area (Å²) in [6.45, 7) is 8.24. The maximum absolute atomic E-state index is 12.0. The van der Waals surface area contributed by atoms with Crippen molar-refractivity contribution < 1.29 is 4.79 Å². The number of nitrogens with one attached hydrogen (secondary N) is 2. The van der Waals surface area contributed by atoms with Gasteiger partial charge in [0.05, 0.1) is 11.1 Å². The molecule has 2 fully saturated rings. The average Bonchev–Trinajstić information content (AvgIpc) is 2.79. The molecule has 0 bridgehead atoms. The van der Waals surface area contributed by atoms with Gasteiger partial charge in [0.1, 0.15) is 0 Å². The van der Waals surface area contributed by atoms with Crippen LogP contribution in [0.1, 0.15) is 93.1 Å². The van der Waals surface area contributed by atoms with Crippen molar-refractivity contribution in [3.05, 3.63) is 53.3 Å². The van der Waals surface area contributed by atoms with E-state index in [4.69, 9.17) is 0 Å². The average molecular weight is 409 g/mol. The van der Waals surface area contributed by atoms with Crippen molar-refractivity contribution in [3.8, 4) is 0 Å². The molecule has 0 amide bonds. The van der Waals surface area contributed by atoms with Gasteiger partial charge in [-0.05, 0) is 68.7 Å². The first-order valence-electron chi connectivity index (χ1n) is 11.6. The molecule has 4 rings (SSSR count). The van der Waals surface area contributed by atoms with Crippen LogP contribution in [0.15, 0.2) is 36.7 Å². The van der Waals surface area contributed by atoms with Crippen molar-refractivity contribution in [1.29, 1.82) is 0 Å². The highest BCUT2D eigenvalue weighted by atomic mass is 16.1. The van der Waals surface area contributed by atoms with Crippen molar-refractivity contribution in [2.45, 2.75) is 77.2 Å². The fourth-order valence-corrected chi connectivity index (χ4v) is 4.37. The van der Waals surface area contributed by atoms with Crippen LogP contribution in [0.25, 0.3) is 0 Å². The predicted octanol–water partition coefficient (Wildman–Crippen LogP) is 5.44. The van der Waals surface area contributed by atoms with Crippen LogP contribution in [0.4, 0.5) is 5.95 Å². The molecule has 1 aliphatic carbocycles. The minimum Gasteiger partial charge on any atom is -0.345 e. The molecule has 1 saturated heterocycles. The number of ketones is 1. The third kappa shape index (κ3) is 5.07. The van der Waals surface area contributed by atoms with E-state index in [0.717, 1.165) is 32.4 Å². The lowest BCUT2D eigenvalue weighted by atomic mass is 9.71. The third-order valence-corrected chi connectivity index (χ3v) is 6.28. The van der Waals surface area contributed by atoms with Gasteiger partial charge in [-0.2, -0.15) is 0 Å². The van der Waals surface area contributed by atoms with Gasteiger partial charge in [-0.15, -0.1) is 0 Å². The molecule has 0 atom stereocenters. The molecule has 2 heterocycles. The molecule has 1 aromatic carbocycles. The maximum Gasteiger partial charge on any atom is 0.223 e.